The van der Waals surface area contributed by atoms with E-state index in [9.17, 15) is 0 Å². The number of aryl methyl sites for hydroxylation is 1. The smallest absolute Gasteiger partial charge is 0.145 e. The molecule has 0 atom stereocenters. The van der Waals surface area contributed by atoms with Gasteiger partial charge in [-0.2, -0.15) is 5.10 Å². The van der Waals surface area contributed by atoms with Gasteiger partial charge in [0.15, 0.2) is 0 Å². The van der Waals surface area contributed by atoms with Crippen LogP contribution in [0.5, 0.6) is 0 Å². The van der Waals surface area contributed by atoms with Crippen LogP contribution in [0.15, 0.2) is 36.7 Å². The van der Waals surface area contributed by atoms with E-state index < -0.39 is 0 Å². The van der Waals surface area contributed by atoms with E-state index in [4.69, 9.17) is 0 Å². The average molecular weight is 188 g/mol. The molecule has 4 nitrogen and oxygen atoms in total. The van der Waals surface area contributed by atoms with Gasteiger partial charge in [0.1, 0.15) is 12.2 Å². The van der Waals surface area contributed by atoms with Crippen LogP contribution in [0.25, 0.3) is 0 Å². The molecule has 0 aliphatic carbocycles. The third-order valence-electron chi connectivity index (χ3n) is 2.03. The van der Waals surface area contributed by atoms with Crippen LogP contribution in [0.1, 0.15) is 5.82 Å². The van der Waals surface area contributed by atoms with Gasteiger partial charge in [0, 0.05) is 12.7 Å². The summed E-state index contributed by atoms with van der Waals surface area (Å²) in [5.41, 5.74) is 1.09. The Morgan fingerprint density at radius 2 is 2.07 bits per heavy atom. The number of benzene rings is 1. The lowest BCUT2D eigenvalue weighted by Crippen LogP contribution is -2.06. The minimum atomic E-state index is 0.695. The fraction of sp³-hybridized carbons (Fsp3) is 0.200. The number of hydrogen-bond donors (Lipinski definition) is 1. The fourth-order valence-electron chi connectivity index (χ4n) is 1.22. The molecule has 0 amide bonds. The molecule has 0 saturated heterocycles. The largest absolute Gasteiger partial charge is 0.378 e. The van der Waals surface area contributed by atoms with Crippen molar-refractivity contribution in [2.45, 2.75) is 6.54 Å². The molecule has 0 radical (unpaired) electrons. The first-order valence-electron chi connectivity index (χ1n) is 4.48. The molecule has 0 aliphatic heterocycles. The van der Waals surface area contributed by atoms with Crippen LogP contribution >= 0.6 is 0 Å². The summed E-state index contributed by atoms with van der Waals surface area (Å²) in [7, 11) is 1.88. The third-order valence-corrected chi connectivity index (χ3v) is 2.03. The Hall–Kier alpha value is -1.84. The number of anilines is 1. The minimum absolute atomic E-state index is 0.695. The van der Waals surface area contributed by atoms with Crippen LogP contribution in [0.3, 0.4) is 0 Å². The van der Waals surface area contributed by atoms with E-state index in [2.05, 4.69) is 15.4 Å². The Labute approximate surface area is 82.6 Å². The highest BCUT2D eigenvalue weighted by Gasteiger charge is 1.98. The van der Waals surface area contributed by atoms with Crippen LogP contribution < -0.4 is 5.32 Å². The Kier molecular flexibility index (Phi) is 2.44. The van der Waals surface area contributed by atoms with Crippen molar-refractivity contribution in [1.29, 1.82) is 0 Å². The summed E-state index contributed by atoms with van der Waals surface area (Å²) in [6, 6.07) is 10.0. The van der Waals surface area contributed by atoms with Crippen LogP contribution in [-0.2, 0) is 13.6 Å². The summed E-state index contributed by atoms with van der Waals surface area (Å²) in [5.74, 6) is 0.925. The summed E-state index contributed by atoms with van der Waals surface area (Å²) in [6.07, 6.45) is 1.56. The number of para-hydroxylation sites is 1. The van der Waals surface area contributed by atoms with Gasteiger partial charge in [-0.1, -0.05) is 18.2 Å². The van der Waals surface area contributed by atoms with Crippen molar-refractivity contribution in [3.8, 4) is 0 Å². The molecule has 0 unspecified atom stereocenters. The van der Waals surface area contributed by atoms with E-state index >= 15 is 0 Å². The molecule has 4 heteroatoms. The number of hydrogen-bond acceptors (Lipinski definition) is 3. The quantitative estimate of drug-likeness (QED) is 0.792. The molecule has 1 aromatic carbocycles. The molecule has 72 valence electrons. The first-order valence-corrected chi connectivity index (χ1v) is 4.48. The predicted octanol–water partition coefficient (Wildman–Crippen LogP) is 1.43. The zero-order chi connectivity index (χ0) is 9.80. The van der Waals surface area contributed by atoms with Gasteiger partial charge >= 0.3 is 0 Å². The van der Waals surface area contributed by atoms with Gasteiger partial charge < -0.3 is 5.32 Å². The molecule has 2 aromatic rings. The Bertz CT molecular complexity index is 394. The first-order chi connectivity index (χ1) is 6.86. The predicted molar refractivity (Wildman–Crippen MR) is 54.8 cm³/mol. The minimum Gasteiger partial charge on any atom is -0.378 e. The lowest BCUT2D eigenvalue weighted by atomic mass is 10.3. The fourth-order valence-corrected chi connectivity index (χ4v) is 1.22. The van der Waals surface area contributed by atoms with Crippen LogP contribution in [0.2, 0.25) is 0 Å². The Morgan fingerprint density at radius 3 is 2.71 bits per heavy atom. The molecular formula is C10H12N4. The SMILES string of the molecule is Cn1ncnc1CNc1ccccc1. The molecule has 1 N–H and O–H groups in total. The first kappa shape index (κ1) is 8.74. The second-order valence-corrected chi connectivity index (χ2v) is 3.02. The van der Waals surface area contributed by atoms with Crippen LogP contribution in [-0.4, -0.2) is 14.8 Å². The van der Waals surface area contributed by atoms with Crippen molar-refractivity contribution < 1.29 is 0 Å². The van der Waals surface area contributed by atoms with E-state index in [0.29, 0.717) is 6.54 Å². The van der Waals surface area contributed by atoms with Gasteiger partial charge in [0.25, 0.3) is 0 Å². The second-order valence-electron chi connectivity index (χ2n) is 3.02. The molecule has 0 bridgehead atoms. The normalized spacial score (nSPS) is 10.1. The molecule has 0 saturated carbocycles. The Balaban J connectivity index is 1.99. The summed E-state index contributed by atoms with van der Waals surface area (Å²) < 4.78 is 1.76. The number of aromatic nitrogens is 3. The molecule has 1 aromatic heterocycles. The molecule has 0 spiro atoms. The highest BCUT2D eigenvalue weighted by Crippen LogP contribution is 2.06. The van der Waals surface area contributed by atoms with Gasteiger partial charge in [-0.15, -0.1) is 0 Å². The van der Waals surface area contributed by atoms with Crippen molar-refractivity contribution in [3.63, 3.8) is 0 Å². The van der Waals surface area contributed by atoms with Crippen molar-refractivity contribution >= 4 is 5.69 Å². The molecule has 0 aliphatic rings. The maximum absolute atomic E-state index is 4.12. The molecule has 14 heavy (non-hydrogen) atoms. The zero-order valence-corrected chi connectivity index (χ0v) is 8.01. The Morgan fingerprint density at radius 1 is 1.29 bits per heavy atom. The number of nitrogens with zero attached hydrogens (tertiary/aromatic N) is 3. The summed E-state index contributed by atoms with van der Waals surface area (Å²) in [5, 5.41) is 7.26. The highest BCUT2D eigenvalue weighted by molar-refractivity contribution is 5.42. The summed E-state index contributed by atoms with van der Waals surface area (Å²) in [6.45, 7) is 0.695. The zero-order valence-electron chi connectivity index (χ0n) is 8.01. The van der Waals surface area contributed by atoms with E-state index in [1.54, 1.807) is 11.0 Å². The van der Waals surface area contributed by atoms with Gasteiger partial charge in [0.2, 0.25) is 0 Å². The standard InChI is InChI=1S/C10H12N4/c1-14-10(12-8-13-14)7-11-9-5-3-2-4-6-9/h2-6,8,11H,7H2,1H3. The molecular weight excluding hydrogens is 176 g/mol. The lowest BCUT2D eigenvalue weighted by Gasteiger charge is -2.04. The third kappa shape index (κ3) is 1.90. The van der Waals surface area contributed by atoms with Crippen molar-refractivity contribution in [2.75, 3.05) is 5.32 Å². The maximum Gasteiger partial charge on any atom is 0.145 e. The summed E-state index contributed by atoms with van der Waals surface area (Å²) in [4.78, 5) is 4.12. The monoisotopic (exact) mass is 188 g/mol. The molecule has 1 heterocycles. The van der Waals surface area contributed by atoms with Crippen molar-refractivity contribution in [3.05, 3.63) is 42.5 Å². The topological polar surface area (TPSA) is 42.7 Å². The van der Waals surface area contributed by atoms with Gasteiger partial charge in [0.05, 0.1) is 6.54 Å². The van der Waals surface area contributed by atoms with E-state index in [1.165, 1.54) is 0 Å². The van der Waals surface area contributed by atoms with Crippen LogP contribution in [0.4, 0.5) is 5.69 Å². The summed E-state index contributed by atoms with van der Waals surface area (Å²) >= 11 is 0. The van der Waals surface area contributed by atoms with Crippen molar-refractivity contribution in [2.24, 2.45) is 7.05 Å². The maximum atomic E-state index is 4.12. The number of rotatable bonds is 3. The lowest BCUT2D eigenvalue weighted by molar-refractivity contribution is 0.712. The molecule has 2 rings (SSSR count). The van der Waals surface area contributed by atoms with E-state index in [-0.39, 0.29) is 0 Å². The van der Waals surface area contributed by atoms with Crippen molar-refractivity contribution in [1.82, 2.24) is 14.8 Å². The van der Waals surface area contributed by atoms with Gasteiger partial charge in [-0.3, -0.25) is 4.68 Å². The molecule has 0 fully saturated rings. The van der Waals surface area contributed by atoms with Crippen LogP contribution in [0, 0.1) is 0 Å². The van der Waals surface area contributed by atoms with E-state index in [1.807, 2.05) is 37.4 Å². The highest BCUT2D eigenvalue weighted by atomic mass is 15.3. The van der Waals surface area contributed by atoms with Gasteiger partial charge in [-0.25, -0.2) is 4.98 Å². The number of nitrogens with one attached hydrogen (secondary N) is 1. The second kappa shape index (κ2) is 3.91. The average Bonchev–Trinajstić information content (AvgIpc) is 2.63. The van der Waals surface area contributed by atoms with Gasteiger partial charge in [-0.05, 0) is 12.1 Å². The van der Waals surface area contributed by atoms with E-state index in [0.717, 1.165) is 11.5 Å².